The monoisotopic (exact) mass is 457 g/mol. The van der Waals surface area contributed by atoms with E-state index in [0.717, 1.165) is 24.3 Å². The van der Waals surface area contributed by atoms with Gasteiger partial charge in [-0.05, 0) is 30.3 Å². The third-order valence-electron chi connectivity index (χ3n) is 3.88. The Balaban J connectivity index is 2.34. The van der Waals surface area contributed by atoms with Gasteiger partial charge in [0.15, 0.2) is 29.0 Å². The van der Waals surface area contributed by atoms with Gasteiger partial charge in [-0.1, -0.05) is 0 Å². The standard InChI is InChI=1S/C16H7F8N3O2S/c17-11-10(12(18)14(20)15(21)13(11)19)8-5-9(16(22,23)24)26-27(8)6-1-3-7(4-2-6)30(25,28)29/h1-5H,(H2,25,28,29). The topological polar surface area (TPSA) is 78.0 Å². The first-order chi connectivity index (χ1) is 13.7. The molecule has 3 rings (SSSR count). The summed E-state index contributed by atoms with van der Waals surface area (Å²) in [5.41, 5.74) is -4.84. The van der Waals surface area contributed by atoms with Gasteiger partial charge in [-0.25, -0.2) is 40.2 Å². The number of primary sulfonamides is 1. The van der Waals surface area contributed by atoms with Crippen LogP contribution in [0.15, 0.2) is 35.2 Å². The van der Waals surface area contributed by atoms with Gasteiger partial charge in [-0.3, -0.25) is 0 Å². The Morgan fingerprint density at radius 3 is 1.73 bits per heavy atom. The molecule has 3 aromatic rings. The van der Waals surface area contributed by atoms with E-state index in [1.807, 2.05) is 0 Å². The number of benzene rings is 2. The lowest BCUT2D eigenvalue weighted by atomic mass is 10.1. The lowest BCUT2D eigenvalue weighted by Gasteiger charge is -2.11. The maximum atomic E-state index is 14.2. The van der Waals surface area contributed by atoms with Crippen molar-refractivity contribution in [3.63, 3.8) is 0 Å². The van der Waals surface area contributed by atoms with Crippen LogP contribution in [0.5, 0.6) is 0 Å². The number of alkyl halides is 3. The van der Waals surface area contributed by atoms with Crippen LogP contribution in [-0.2, 0) is 16.2 Å². The summed E-state index contributed by atoms with van der Waals surface area (Å²) in [5.74, 6) is -12.0. The van der Waals surface area contributed by atoms with E-state index in [9.17, 15) is 43.5 Å². The average Bonchev–Trinajstić information content (AvgIpc) is 3.10. The van der Waals surface area contributed by atoms with Crippen molar-refractivity contribution in [2.45, 2.75) is 11.1 Å². The second-order valence-corrected chi connectivity index (χ2v) is 7.37. The minimum absolute atomic E-state index is 0.0892. The zero-order valence-corrected chi connectivity index (χ0v) is 14.9. The van der Waals surface area contributed by atoms with Crippen LogP contribution >= 0.6 is 0 Å². The zero-order valence-electron chi connectivity index (χ0n) is 14.1. The molecule has 1 heterocycles. The van der Waals surface area contributed by atoms with E-state index >= 15 is 0 Å². The number of nitrogens with zero attached hydrogens (tertiary/aromatic N) is 2. The maximum Gasteiger partial charge on any atom is 0.435 e. The van der Waals surface area contributed by atoms with Crippen molar-refractivity contribution < 1.29 is 43.5 Å². The molecule has 5 nitrogen and oxygen atoms in total. The molecule has 0 aliphatic rings. The summed E-state index contributed by atoms with van der Waals surface area (Å²) in [4.78, 5) is -0.452. The van der Waals surface area contributed by atoms with Crippen LogP contribution in [0.25, 0.3) is 16.9 Å². The number of hydrogen-bond acceptors (Lipinski definition) is 3. The van der Waals surface area contributed by atoms with Crippen molar-refractivity contribution in [3.8, 4) is 16.9 Å². The van der Waals surface area contributed by atoms with Gasteiger partial charge in [0.1, 0.15) is 0 Å². The van der Waals surface area contributed by atoms with Gasteiger partial charge in [0.25, 0.3) is 0 Å². The molecule has 0 amide bonds. The largest absolute Gasteiger partial charge is 0.435 e. The molecule has 0 saturated heterocycles. The van der Waals surface area contributed by atoms with Gasteiger partial charge in [-0.2, -0.15) is 18.3 Å². The summed E-state index contributed by atoms with van der Waals surface area (Å²) in [5, 5.41) is 8.02. The fourth-order valence-corrected chi connectivity index (χ4v) is 3.02. The molecule has 0 unspecified atom stereocenters. The normalized spacial score (nSPS) is 12.4. The molecule has 2 N–H and O–H groups in total. The first-order valence-corrected chi connectivity index (χ1v) is 9.10. The highest BCUT2D eigenvalue weighted by Gasteiger charge is 2.37. The minimum Gasteiger partial charge on any atom is -0.232 e. The van der Waals surface area contributed by atoms with Crippen LogP contribution in [0.1, 0.15) is 5.69 Å². The molecular formula is C16H7F8N3O2S. The van der Waals surface area contributed by atoms with Gasteiger partial charge in [0, 0.05) is 0 Å². The Morgan fingerprint density at radius 1 is 0.833 bits per heavy atom. The van der Waals surface area contributed by atoms with Gasteiger partial charge in [-0.15, -0.1) is 0 Å². The summed E-state index contributed by atoms with van der Waals surface area (Å²) >= 11 is 0. The number of hydrogen-bond donors (Lipinski definition) is 1. The highest BCUT2D eigenvalue weighted by Crippen LogP contribution is 2.37. The molecule has 14 heteroatoms. The fraction of sp³-hybridized carbons (Fsp3) is 0.0625. The summed E-state index contributed by atoms with van der Waals surface area (Å²) in [6.45, 7) is 0. The van der Waals surface area contributed by atoms with E-state index in [1.165, 1.54) is 0 Å². The van der Waals surface area contributed by atoms with E-state index in [2.05, 4.69) is 5.10 Å². The van der Waals surface area contributed by atoms with E-state index < -0.39 is 67.1 Å². The van der Waals surface area contributed by atoms with Crippen LogP contribution in [-0.4, -0.2) is 18.2 Å². The summed E-state index contributed by atoms with van der Waals surface area (Å²) in [6.07, 6.45) is -5.13. The van der Waals surface area contributed by atoms with Crippen molar-refractivity contribution in [2.75, 3.05) is 0 Å². The number of halogens is 8. The third kappa shape index (κ3) is 3.63. The van der Waals surface area contributed by atoms with Gasteiger partial charge >= 0.3 is 6.18 Å². The minimum atomic E-state index is -5.13. The fourth-order valence-electron chi connectivity index (χ4n) is 2.50. The van der Waals surface area contributed by atoms with E-state index in [0.29, 0.717) is 0 Å². The molecule has 0 radical (unpaired) electrons. The Labute approximate surface area is 162 Å². The highest BCUT2D eigenvalue weighted by molar-refractivity contribution is 7.89. The second-order valence-electron chi connectivity index (χ2n) is 5.81. The number of sulfonamides is 1. The first-order valence-electron chi connectivity index (χ1n) is 7.55. The van der Waals surface area contributed by atoms with Crippen LogP contribution < -0.4 is 5.14 Å². The van der Waals surface area contributed by atoms with E-state index in [4.69, 9.17) is 5.14 Å². The molecule has 0 aliphatic carbocycles. The Morgan fingerprint density at radius 2 is 1.30 bits per heavy atom. The molecule has 0 atom stereocenters. The first kappa shape index (κ1) is 21.7. The molecule has 160 valence electrons. The summed E-state index contributed by atoms with van der Waals surface area (Å²) < 4.78 is 131. The average molecular weight is 457 g/mol. The molecular weight excluding hydrogens is 450 g/mol. The predicted molar refractivity (Wildman–Crippen MR) is 85.2 cm³/mol. The van der Waals surface area contributed by atoms with Gasteiger partial charge in [0.2, 0.25) is 15.8 Å². The molecule has 30 heavy (non-hydrogen) atoms. The highest BCUT2D eigenvalue weighted by atomic mass is 32.2. The summed E-state index contributed by atoms with van der Waals surface area (Å²) in [7, 11) is -4.18. The van der Waals surface area contributed by atoms with Crippen molar-refractivity contribution in [3.05, 3.63) is 65.1 Å². The zero-order chi connectivity index (χ0) is 22.6. The lowest BCUT2D eigenvalue weighted by Crippen LogP contribution is -2.12. The lowest BCUT2D eigenvalue weighted by molar-refractivity contribution is -0.141. The molecule has 0 saturated carbocycles. The van der Waals surface area contributed by atoms with Crippen LogP contribution in [0.4, 0.5) is 35.1 Å². The SMILES string of the molecule is NS(=O)(=O)c1ccc(-n2nc(C(F)(F)F)cc2-c2c(F)c(F)c(F)c(F)c2F)cc1. The van der Waals surface area contributed by atoms with Crippen LogP contribution in [0, 0.1) is 29.1 Å². The molecule has 0 spiro atoms. The van der Waals surface area contributed by atoms with Crippen LogP contribution in [0.3, 0.4) is 0 Å². The molecule has 1 aromatic heterocycles. The van der Waals surface area contributed by atoms with E-state index in [1.54, 1.807) is 0 Å². The molecule has 0 fully saturated rings. The number of rotatable bonds is 3. The molecule has 0 aliphatic heterocycles. The predicted octanol–water partition coefficient (Wildman–Crippen LogP) is 3.90. The Hall–Kier alpha value is -3.00. The second kappa shape index (κ2) is 7.05. The third-order valence-corrected chi connectivity index (χ3v) is 4.80. The molecule has 2 aromatic carbocycles. The summed E-state index contributed by atoms with van der Waals surface area (Å²) in [6, 6.07) is 3.54. The van der Waals surface area contributed by atoms with Gasteiger partial charge in [0.05, 0.1) is 21.8 Å². The Kier molecular flexibility index (Phi) is 5.10. The molecule has 0 bridgehead atoms. The Bertz CT molecular complexity index is 1220. The quantitative estimate of drug-likeness (QED) is 0.368. The van der Waals surface area contributed by atoms with Crippen LogP contribution in [0.2, 0.25) is 0 Å². The van der Waals surface area contributed by atoms with Crippen molar-refractivity contribution in [1.29, 1.82) is 0 Å². The number of nitrogens with two attached hydrogens (primary N) is 1. The maximum absolute atomic E-state index is 14.2. The van der Waals surface area contributed by atoms with Crippen molar-refractivity contribution >= 4 is 10.0 Å². The van der Waals surface area contributed by atoms with Crippen molar-refractivity contribution in [1.82, 2.24) is 9.78 Å². The van der Waals surface area contributed by atoms with Crippen molar-refractivity contribution in [2.24, 2.45) is 5.14 Å². The van der Waals surface area contributed by atoms with E-state index in [-0.39, 0.29) is 16.4 Å². The number of aromatic nitrogens is 2. The van der Waals surface area contributed by atoms with Gasteiger partial charge < -0.3 is 0 Å². The smallest absolute Gasteiger partial charge is 0.232 e.